The summed E-state index contributed by atoms with van der Waals surface area (Å²) in [5.41, 5.74) is 1.38. The molecule has 0 aliphatic heterocycles. The van der Waals surface area contributed by atoms with Crippen molar-refractivity contribution >= 4 is 22.8 Å². The summed E-state index contributed by atoms with van der Waals surface area (Å²) in [4.78, 5) is 29.7. The van der Waals surface area contributed by atoms with Gasteiger partial charge in [-0.1, -0.05) is 18.2 Å². The molecule has 0 aliphatic carbocycles. The molecule has 0 atom stereocenters. The molecule has 29 heavy (non-hydrogen) atoms. The van der Waals surface area contributed by atoms with E-state index >= 15 is 0 Å². The van der Waals surface area contributed by atoms with E-state index in [4.69, 9.17) is 0 Å². The first-order chi connectivity index (χ1) is 14.0. The molecule has 0 radical (unpaired) electrons. The van der Waals surface area contributed by atoms with Crippen LogP contribution < -0.4 is 5.32 Å². The number of rotatable bonds is 6. The fourth-order valence-corrected chi connectivity index (χ4v) is 2.83. The molecule has 0 amide bonds. The van der Waals surface area contributed by atoms with Gasteiger partial charge < -0.3 is 5.32 Å². The van der Waals surface area contributed by atoms with Crippen molar-refractivity contribution in [1.29, 1.82) is 0 Å². The Morgan fingerprint density at radius 2 is 1.90 bits per heavy atom. The average Bonchev–Trinajstić information content (AvgIpc) is 3.17. The largest absolute Gasteiger partial charge is 0.366 e. The molecule has 1 N–H and O–H groups in total. The predicted octanol–water partition coefficient (Wildman–Crippen LogP) is 3.22. The third-order valence-electron chi connectivity index (χ3n) is 4.20. The number of hydrogen-bond donors (Lipinski definition) is 1. The van der Waals surface area contributed by atoms with Crippen molar-refractivity contribution in [3.05, 3.63) is 86.8 Å². The number of pyridine rings is 1. The lowest BCUT2D eigenvalue weighted by molar-refractivity contribution is -0.384. The van der Waals surface area contributed by atoms with E-state index in [1.54, 1.807) is 30.6 Å². The Hall–Kier alpha value is -4.41. The van der Waals surface area contributed by atoms with Crippen LogP contribution in [-0.2, 0) is 6.54 Å². The number of non-ortho nitro benzene ring substituents is 1. The van der Waals surface area contributed by atoms with E-state index in [9.17, 15) is 20.2 Å². The highest BCUT2D eigenvalue weighted by Gasteiger charge is 2.20. The SMILES string of the molecule is O=[N+]([O-])c1cccc(-c2cc(NCc3cccnc3)n3ncc([N+](=O)[O-])c3n2)c1. The zero-order valence-corrected chi connectivity index (χ0v) is 14.8. The van der Waals surface area contributed by atoms with Gasteiger partial charge in [0.05, 0.1) is 15.5 Å². The average molecular weight is 391 g/mol. The number of benzene rings is 1. The fraction of sp³-hybridized carbons (Fsp3) is 0.0556. The van der Waals surface area contributed by atoms with E-state index in [2.05, 4.69) is 20.4 Å². The van der Waals surface area contributed by atoms with Crippen LogP contribution in [-0.4, -0.2) is 29.4 Å². The van der Waals surface area contributed by atoms with Gasteiger partial charge in [-0.2, -0.15) is 9.61 Å². The van der Waals surface area contributed by atoms with Gasteiger partial charge >= 0.3 is 5.69 Å². The summed E-state index contributed by atoms with van der Waals surface area (Å²) in [5, 5.41) is 29.7. The quantitative estimate of drug-likeness (QED) is 0.390. The Balaban J connectivity index is 1.82. The van der Waals surface area contributed by atoms with Crippen LogP contribution in [0, 0.1) is 20.2 Å². The molecule has 0 spiro atoms. The number of nitro benzene ring substituents is 1. The van der Waals surface area contributed by atoms with Gasteiger partial charge in [-0.25, -0.2) is 4.98 Å². The Morgan fingerprint density at radius 1 is 1.03 bits per heavy atom. The molecule has 144 valence electrons. The summed E-state index contributed by atoms with van der Waals surface area (Å²) in [6, 6.07) is 11.2. The third kappa shape index (κ3) is 3.56. The summed E-state index contributed by atoms with van der Waals surface area (Å²) in [6.45, 7) is 0.398. The molecule has 0 unspecified atom stereocenters. The molecule has 3 aromatic heterocycles. The lowest BCUT2D eigenvalue weighted by atomic mass is 10.1. The van der Waals surface area contributed by atoms with Crippen LogP contribution in [0.3, 0.4) is 0 Å². The minimum absolute atomic E-state index is 0.0349. The Bertz CT molecular complexity index is 1220. The molecule has 1 aromatic carbocycles. The van der Waals surface area contributed by atoms with Gasteiger partial charge in [0, 0.05) is 42.7 Å². The number of fused-ring (bicyclic) bond motifs is 1. The second-order valence-electron chi connectivity index (χ2n) is 6.07. The van der Waals surface area contributed by atoms with E-state index in [1.807, 2.05) is 6.07 Å². The van der Waals surface area contributed by atoms with Gasteiger partial charge in [-0.3, -0.25) is 25.2 Å². The predicted molar refractivity (Wildman–Crippen MR) is 103 cm³/mol. The first-order valence-corrected chi connectivity index (χ1v) is 8.44. The van der Waals surface area contributed by atoms with Gasteiger partial charge in [0.15, 0.2) is 0 Å². The highest BCUT2D eigenvalue weighted by atomic mass is 16.6. The molecule has 0 fully saturated rings. The summed E-state index contributed by atoms with van der Waals surface area (Å²) in [7, 11) is 0. The van der Waals surface area contributed by atoms with Gasteiger partial charge in [0.2, 0.25) is 5.65 Å². The maximum atomic E-state index is 11.4. The zero-order chi connectivity index (χ0) is 20.4. The zero-order valence-electron chi connectivity index (χ0n) is 14.8. The maximum Gasteiger partial charge on any atom is 0.333 e. The Labute approximate surface area is 163 Å². The number of aromatic nitrogens is 4. The fourth-order valence-electron chi connectivity index (χ4n) is 2.83. The van der Waals surface area contributed by atoms with Crippen LogP contribution in [0.25, 0.3) is 16.9 Å². The van der Waals surface area contributed by atoms with Gasteiger partial charge in [-0.15, -0.1) is 0 Å². The van der Waals surface area contributed by atoms with Crippen molar-refractivity contribution in [2.45, 2.75) is 6.54 Å². The molecule has 4 aromatic rings. The van der Waals surface area contributed by atoms with E-state index in [0.29, 0.717) is 23.6 Å². The standard InChI is InChI=1S/C18H13N7O4/c26-24(27)14-5-1-4-13(7-14)15-8-17(20-10-12-3-2-6-19-9-12)23-18(22-15)16(11-21-23)25(28)29/h1-9,11,20H,10H2. The topological polar surface area (TPSA) is 141 Å². The van der Waals surface area contributed by atoms with Crippen LogP contribution in [0.2, 0.25) is 0 Å². The van der Waals surface area contributed by atoms with Crippen molar-refractivity contribution in [2.75, 3.05) is 5.32 Å². The third-order valence-corrected chi connectivity index (χ3v) is 4.20. The van der Waals surface area contributed by atoms with Crippen molar-refractivity contribution in [3.63, 3.8) is 0 Å². The smallest absolute Gasteiger partial charge is 0.333 e. The van der Waals surface area contributed by atoms with Crippen molar-refractivity contribution in [1.82, 2.24) is 19.6 Å². The molecule has 0 saturated heterocycles. The van der Waals surface area contributed by atoms with E-state index in [0.717, 1.165) is 11.8 Å². The highest BCUT2D eigenvalue weighted by Crippen LogP contribution is 2.28. The summed E-state index contributed by atoms with van der Waals surface area (Å²) >= 11 is 0. The molecule has 0 saturated carbocycles. The molecule has 11 nitrogen and oxygen atoms in total. The van der Waals surface area contributed by atoms with Crippen LogP contribution in [0.15, 0.2) is 61.1 Å². The molecule has 4 rings (SSSR count). The number of nitrogens with zero attached hydrogens (tertiary/aromatic N) is 6. The number of nitro groups is 2. The van der Waals surface area contributed by atoms with Crippen LogP contribution in [0.1, 0.15) is 5.56 Å². The van der Waals surface area contributed by atoms with Crippen LogP contribution >= 0.6 is 0 Å². The minimum atomic E-state index is -0.572. The molecule has 0 bridgehead atoms. The molecule has 0 aliphatic rings. The lowest BCUT2D eigenvalue weighted by Crippen LogP contribution is -2.07. The van der Waals surface area contributed by atoms with Gasteiger partial charge in [-0.05, 0) is 11.6 Å². The Kier molecular flexibility index (Phi) is 4.53. The van der Waals surface area contributed by atoms with Gasteiger partial charge in [0.1, 0.15) is 12.0 Å². The van der Waals surface area contributed by atoms with Crippen molar-refractivity contribution < 1.29 is 9.85 Å². The molecule has 11 heteroatoms. The summed E-state index contributed by atoms with van der Waals surface area (Å²) < 4.78 is 1.33. The lowest BCUT2D eigenvalue weighted by Gasteiger charge is -2.10. The second-order valence-corrected chi connectivity index (χ2v) is 6.07. The first-order valence-electron chi connectivity index (χ1n) is 8.44. The molecule has 3 heterocycles. The maximum absolute atomic E-state index is 11.4. The summed E-state index contributed by atoms with van der Waals surface area (Å²) in [6.07, 6.45) is 4.47. The van der Waals surface area contributed by atoms with E-state index < -0.39 is 9.85 Å². The Morgan fingerprint density at radius 3 is 2.62 bits per heavy atom. The molecular weight excluding hydrogens is 378 g/mol. The summed E-state index contributed by atoms with van der Waals surface area (Å²) in [5.74, 6) is 0.452. The number of nitrogens with one attached hydrogen (secondary N) is 1. The number of anilines is 1. The van der Waals surface area contributed by atoms with Gasteiger partial charge in [0.25, 0.3) is 5.69 Å². The monoisotopic (exact) mass is 391 g/mol. The van der Waals surface area contributed by atoms with Crippen molar-refractivity contribution in [3.8, 4) is 11.3 Å². The van der Waals surface area contributed by atoms with E-state index in [-0.39, 0.29) is 17.0 Å². The van der Waals surface area contributed by atoms with Crippen LogP contribution in [0.5, 0.6) is 0 Å². The second kappa shape index (κ2) is 7.31. The normalized spacial score (nSPS) is 10.8. The van der Waals surface area contributed by atoms with Crippen molar-refractivity contribution in [2.24, 2.45) is 0 Å². The first kappa shape index (κ1) is 18.0. The highest BCUT2D eigenvalue weighted by molar-refractivity contribution is 5.72. The van der Waals surface area contributed by atoms with Crippen LogP contribution in [0.4, 0.5) is 17.2 Å². The molecular formula is C18H13N7O4. The number of hydrogen-bond acceptors (Lipinski definition) is 8. The van der Waals surface area contributed by atoms with E-state index in [1.165, 1.54) is 22.7 Å². The minimum Gasteiger partial charge on any atom is -0.366 e.